The number of nitro benzene ring substituents is 1. The summed E-state index contributed by atoms with van der Waals surface area (Å²) in [4.78, 5) is 10.2. The highest BCUT2D eigenvalue weighted by Gasteiger charge is 2.49. The van der Waals surface area contributed by atoms with Crippen LogP contribution in [0.4, 0.5) is 5.69 Å². The fourth-order valence-electron chi connectivity index (χ4n) is 3.23. The summed E-state index contributed by atoms with van der Waals surface area (Å²) in [5, 5.41) is 31.7. The van der Waals surface area contributed by atoms with Crippen molar-refractivity contribution in [3.05, 3.63) is 70.3 Å². The van der Waals surface area contributed by atoms with Gasteiger partial charge in [-0.05, 0) is 12.1 Å². The van der Waals surface area contributed by atoms with E-state index in [0.717, 1.165) is 5.56 Å². The summed E-state index contributed by atoms with van der Waals surface area (Å²) in [6.07, 6.45) is -5.88. The molecular weight excluding hydrogens is 370 g/mol. The minimum Gasteiger partial charge on any atom is -0.462 e. The second-order valence-electron chi connectivity index (χ2n) is 6.57. The third kappa shape index (κ3) is 3.71. The number of aliphatic hydroxyl groups is 2. The first-order valence-corrected chi connectivity index (χ1v) is 8.77. The van der Waals surface area contributed by atoms with Crippen LogP contribution in [-0.4, -0.2) is 52.4 Å². The van der Waals surface area contributed by atoms with Gasteiger partial charge in [0.05, 0.1) is 11.5 Å². The monoisotopic (exact) mass is 389 g/mol. The Morgan fingerprint density at radius 3 is 2.39 bits per heavy atom. The molecule has 2 fully saturated rings. The van der Waals surface area contributed by atoms with E-state index >= 15 is 0 Å². The number of ether oxygens (including phenoxy) is 4. The standard InChI is InChI=1S/C19H19NO8/c21-15-16(22)19(26-13-8-6-12(7-9-13)20(23)24)27-14-10-25-18(28-17(14)15)11-4-2-1-3-5-11/h1-9,14-19,21-22H,10H2. The Hall–Kier alpha value is -2.56. The molecule has 6 atom stereocenters. The molecule has 6 unspecified atom stereocenters. The van der Waals surface area contributed by atoms with E-state index in [0.29, 0.717) is 0 Å². The van der Waals surface area contributed by atoms with Gasteiger partial charge in [-0.15, -0.1) is 0 Å². The number of hydrogen-bond donors (Lipinski definition) is 2. The Morgan fingerprint density at radius 2 is 1.71 bits per heavy atom. The topological polar surface area (TPSA) is 121 Å². The minimum absolute atomic E-state index is 0.0846. The fourth-order valence-corrected chi connectivity index (χ4v) is 3.23. The van der Waals surface area contributed by atoms with E-state index in [4.69, 9.17) is 18.9 Å². The Labute approximate surface area is 160 Å². The first kappa shape index (κ1) is 18.8. The zero-order chi connectivity index (χ0) is 19.7. The molecule has 2 aromatic carbocycles. The number of hydrogen-bond acceptors (Lipinski definition) is 8. The molecule has 4 rings (SSSR count). The summed E-state index contributed by atoms with van der Waals surface area (Å²) in [7, 11) is 0. The highest BCUT2D eigenvalue weighted by atomic mass is 16.8. The van der Waals surface area contributed by atoms with E-state index < -0.39 is 41.9 Å². The number of nitrogens with zero attached hydrogens (tertiary/aromatic N) is 1. The van der Waals surface area contributed by atoms with E-state index in [2.05, 4.69) is 0 Å². The van der Waals surface area contributed by atoms with Gasteiger partial charge >= 0.3 is 0 Å². The molecule has 28 heavy (non-hydrogen) atoms. The average Bonchev–Trinajstić information content (AvgIpc) is 2.72. The summed E-state index contributed by atoms with van der Waals surface area (Å²) >= 11 is 0. The van der Waals surface area contributed by atoms with Gasteiger partial charge < -0.3 is 29.2 Å². The molecule has 9 heteroatoms. The molecule has 2 heterocycles. The van der Waals surface area contributed by atoms with Crippen LogP contribution >= 0.6 is 0 Å². The number of aliphatic hydroxyl groups excluding tert-OH is 2. The molecule has 0 radical (unpaired) electrons. The average molecular weight is 389 g/mol. The van der Waals surface area contributed by atoms with E-state index in [9.17, 15) is 20.3 Å². The molecule has 2 saturated heterocycles. The third-order valence-electron chi connectivity index (χ3n) is 4.70. The lowest BCUT2D eigenvalue weighted by Gasteiger charge is -2.46. The van der Waals surface area contributed by atoms with Crippen LogP contribution in [0.25, 0.3) is 0 Å². The van der Waals surface area contributed by atoms with Crippen molar-refractivity contribution >= 4 is 5.69 Å². The number of rotatable bonds is 4. The first-order chi connectivity index (χ1) is 13.5. The van der Waals surface area contributed by atoms with Crippen molar-refractivity contribution in [2.75, 3.05) is 6.61 Å². The highest BCUT2D eigenvalue weighted by Crippen LogP contribution is 2.34. The zero-order valence-electron chi connectivity index (χ0n) is 14.7. The van der Waals surface area contributed by atoms with E-state index in [-0.39, 0.29) is 18.0 Å². The van der Waals surface area contributed by atoms with Crippen LogP contribution < -0.4 is 4.74 Å². The molecule has 2 aliphatic rings. The highest BCUT2D eigenvalue weighted by molar-refractivity contribution is 5.36. The predicted octanol–water partition coefficient (Wildman–Crippen LogP) is 1.53. The normalized spacial score (nSPS) is 32.4. The Morgan fingerprint density at radius 1 is 1.00 bits per heavy atom. The van der Waals surface area contributed by atoms with Crippen LogP contribution in [0.2, 0.25) is 0 Å². The molecule has 0 saturated carbocycles. The Kier molecular flexibility index (Phi) is 5.25. The molecule has 2 aliphatic heterocycles. The Bertz CT molecular complexity index is 812. The second kappa shape index (κ2) is 7.82. The maximum absolute atomic E-state index is 10.7. The molecule has 0 aliphatic carbocycles. The molecular formula is C19H19NO8. The largest absolute Gasteiger partial charge is 0.462 e. The minimum atomic E-state index is -1.37. The lowest BCUT2D eigenvalue weighted by atomic mass is 9.98. The van der Waals surface area contributed by atoms with Gasteiger partial charge in [-0.1, -0.05) is 30.3 Å². The molecule has 148 valence electrons. The van der Waals surface area contributed by atoms with E-state index in [1.807, 2.05) is 30.3 Å². The van der Waals surface area contributed by atoms with Crippen LogP contribution in [0, 0.1) is 10.1 Å². The van der Waals surface area contributed by atoms with Gasteiger partial charge in [0.25, 0.3) is 5.69 Å². The van der Waals surface area contributed by atoms with Crippen LogP contribution in [0.15, 0.2) is 54.6 Å². The zero-order valence-corrected chi connectivity index (χ0v) is 14.7. The molecule has 0 amide bonds. The summed E-state index contributed by atoms with van der Waals surface area (Å²) in [6.45, 7) is 0.147. The van der Waals surface area contributed by atoms with Crippen molar-refractivity contribution in [1.82, 2.24) is 0 Å². The Balaban J connectivity index is 1.43. The van der Waals surface area contributed by atoms with Crippen LogP contribution in [0.3, 0.4) is 0 Å². The maximum atomic E-state index is 10.7. The van der Waals surface area contributed by atoms with Gasteiger partial charge in [0, 0.05) is 17.7 Å². The third-order valence-corrected chi connectivity index (χ3v) is 4.70. The van der Waals surface area contributed by atoms with Gasteiger partial charge in [0.1, 0.15) is 30.2 Å². The molecule has 0 aromatic heterocycles. The number of non-ortho nitro benzene ring substituents is 1. The number of fused-ring (bicyclic) bond motifs is 1. The van der Waals surface area contributed by atoms with Crippen LogP contribution in [-0.2, 0) is 14.2 Å². The number of nitro groups is 1. The number of benzene rings is 2. The van der Waals surface area contributed by atoms with E-state index in [1.165, 1.54) is 24.3 Å². The molecule has 0 bridgehead atoms. The summed E-state index contributed by atoms with van der Waals surface area (Å²) in [6, 6.07) is 14.6. The van der Waals surface area contributed by atoms with Crippen LogP contribution in [0.5, 0.6) is 5.75 Å². The quantitative estimate of drug-likeness (QED) is 0.597. The predicted molar refractivity (Wildman–Crippen MR) is 94.4 cm³/mol. The molecule has 0 spiro atoms. The molecule has 2 aromatic rings. The van der Waals surface area contributed by atoms with Gasteiger partial charge in [0.15, 0.2) is 6.29 Å². The van der Waals surface area contributed by atoms with Gasteiger partial charge in [-0.3, -0.25) is 10.1 Å². The van der Waals surface area contributed by atoms with Crippen molar-refractivity contribution in [3.63, 3.8) is 0 Å². The van der Waals surface area contributed by atoms with Crippen molar-refractivity contribution in [3.8, 4) is 5.75 Å². The second-order valence-corrected chi connectivity index (χ2v) is 6.57. The van der Waals surface area contributed by atoms with Gasteiger partial charge in [0.2, 0.25) is 6.29 Å². The lowest BCUT2D eigenvalue weighted by Crippen LogP contribution is -2.62. The van der Waals surface area contributed by atoms with Crippen molar-refractivity contribution in [2.45, 2.75) is 37.0 Å². The fraction of sp³-hybridized carbons (Fsp3) is 0.368. The lowest BCUT2D eigenvalue weighted by molar-refractivity contribution is -0.384. The summed E-state index contributed by atoms with van der Waals surface area (Å²) in [5.41, 5.74) is 0.713. The van der Waals surface area contributed by atoms with Gasteiger partial charge in [-0.25, -0.2) is 0 Å². The van der Waals surface area contributed by atoms with Crippen LogP contribution in [0.1, 0.15) is 11.9 Å². The first-order valence-electron chi connectivity index (χ1n) is 8.77. The SMILES string of the molecule is O=[N+]([O-])c1ccc(OC2OC3COC(c4ccccc4)OC3C(O)C2O)cc1. The molecule has 9 nitrogen and oxygen atoms in total. The smallest absolute Gasteiger partial charge is 0.269 e. The van der Waals surface area contributed by atoms with E-state index in [1.54, 1.807) is 0 Å². The van der Waals surface area contributed by atoms with Crippen molar-refractivity contribution < 1.29 is 34.1 Å². The summed E-state index contributed by atoms with van der Waals surface area (Å²) in [5.74, 6) is 0.264. The van der Waals surface area contributed by atoms with Crippen molar-refractivity contribution in [1.29, 1.82) is 0 Å². The maximum Gasteiger partial charge on any atom is 0.269 e. The van der Waals surface area contributed by atoms with Gasteiger partial charge in [-0.2, -0.15) is 0 Å². The molecule has 2 N–H and O–H groups in total. The van der Waals surface area contributed by atoms with Crippen molar-refractivity contribution in [2.24, 2.45) is 0 Å². The summed E-state index contributed by atoms with van der Waals surface area (Å²) < 4.78 is 22.8.